The van der Waals surface area contributed by atoms with Gasteiger partial charge in [-0.3, -0.25) is 4.57 Å². The Hall–Kier alpha value is -3.47. The van der Waals surface area contributed by atoms with Crippen LogP contribution in [0, 0.1) is 13.8 Å². The maximum atomic E-state index is 12.5. The summed E-state index contributed by atoms with van der Waals surface area (Å²) in [5.41, 5.74) is 2.65. The molecule has 0 N–H and O–H groups in total. The van der Waals surface area contributed by atoms with Gasteiger partial charge in [0.2, 0.25) is 11.7 Å². The van der Waals surface area contributed by atoms with Crippen LogP contribution in [0.15, 0.2) is 52.1 Å². The lowest BCUT2D eigenvalue weighted by Crippen LogP contribution is -2.03. The Labute approximate surface area is 186 Å². The summed E-state index contributed by atoms with van der Waals surface area (Å²) >= 11 is 1.42. The molecule has 0 aliphatic rings. The molecular weight excluding hydrogens is 440 g/mol. The third kappa shape index (κ3) is 4.57. The standard InChI is InChI=1S/C21H19F2N5O3S/c1-12-6-4-5-7-15(12)28-13(2)25-26-21(28)32-11-18-24-19(27-31-18)14-8-9-16(30-20(22)23)17(10-14)29-3/h4-10,20H,11H2,1-3H3. The monoisotopic (exact) mass is 459 g/mol. The smallest absolute Gasteiger partial charge is 0.387 e. The van der Waals surface area contributed by atoms with Gasteiger partial charge in [-0.25, -0.2) is 0 Å². The second-order valence-electron chi connectivity index (χ2n) is 6.70. The third-order valence-corrected chi connectivity index (χ3v) is 5.50. The summed E-state index contributed by atoms with van der Waals surface area (Å²) in [6.07, 6.45) is 0. The van der Waals surface area contributed by atoms with E-state index in [9.17, 15) is 8.78 Å². The number of alkyl halides is 2. The lowest BCUT2D eigenvalue weighted by molar-refractivity contribution is -0.0512. The highest BCUT2D eigenvalue weighted by atomic mass is 32.2. The maximum Gasteiger partial charge on any atom is 0.387 e. The molecule has 8 nitrogen and oxygen atoms in total. The molecule has 32 heavy (non-hydrogen) atoms. The Morgan fingerprint density at radius 1 is 1.09 bits per heavy atom. The predicted molar refractivity (Wildman–Crippen MR) is 113 cm³/mol. The lowest BCUT2D eigenvalue weighted by atomic mass is 10.2. The van der Waals surface area contributed by atoms with E-state index < -0.39 is 6.61 Å². The van der Waals surface area contributed by atoms with Gasteiger partial charge in [-0.1, -0.05) is 35.1 Å². The molecule has 0 radical (unpaired) electrons. The molecule has 166 valence electrons. The van der Waals surface area contributed by atoms with E-state index in [1.807, 2.05) is 42.7 Å². The van der Waals surface area contributed by atoms with Gasteiger partial charge in [0.05, 0.1) is 18.6 Å². The number of thioether (sulfide) groups is 1. The highest BCUT2D eigenvalue weighted by Crippen LogP contribution is 2.33. The predicted octanol–water partition coefficient (Wildman–Crippen LogP) is 4.84. The van der Waals surface area contributed by atoms with Crippen LogP contribution in [0.2, 0.25) is 0 Å². The minimum atomic E-state index is -2.95. The second kappa shape index (κ2) is 9.35. The van der Waals surface area contributed by atoms with Gasteiger partial charge < -0.3 is 14.0 Å². The highest BCUT2D eigenvalue weighted by molar-refractivity contribution is 7.98. The summed E-state index contributed by atoms with van der Waals surface area (Å²) in [6, 6.07) is 12.4. The molecule has 11 heteroatoms. The van der Waals surface area contributed by atoms with Gasteiger partial charge in [-0.05, 0) is 43.7 Å². The SMILES string of the molecule is COc1cc(-c2noc(CSc3nnc(C)n3-c3ccccc3C)n2)ccc1OC(F)F. The molecule has 0 saturated carbocycles. The maximum absolute atomic E-state index is 12.5. The molecule has 0 saturated heterocycles. The molecule has 2 heterocycles. The zero-order valence-electron chi connectivity index (χ0n) is 17.5. The second-order valence-corrected chi connectivity index (χ2v) is 7.64. The van der Waals surface area contributed by atoms with Crippen LogP contribution < -0.4 is 9.47 Å². The molecule has 0 spiro atoms. The summed E-state index contributed by atoms with van der Waals surface area (Å²) in [5, 5.41) is 13.1. The van der Waals surface area contributed by atoms with Crippen molar-refractivity contribution in [3.63, 3.8) is 0 Å². The average Bonchev–Trinajstić information content (AvgIpc) is 3.39. The van der Waals surface area contributed by atoms with E-state index in [4.69, 9.17) is 9.26 Å². The fourth-order valence-electron chi connectivity index (χ4n) is 3.09. The Kier molecular flexibility index (Phi) is 6.35. The number of hydrogen-bond donors (Lipinski definition) is 0. The summed E-state index contributed by atoms with van der Waals surface area (Å²) in [6.45, 7) is 0.969. The van der Waals surface area contributed by atoms with Crippen molar-refractivity contribution >= 4 is 11.8 Å². The number of aryl methyl sites for hydroxylation is 2. The molecule has 4 rings (SSSR count). The van der Waals surface area contributed by atoms with Crippen LogP contribution in [0.1, 0.15) is 17.3 Å². The molecule has 4 aromatic rings. The normalized spacial score (nSPS) is 11.2. The summed E-state index contributed by atoms with van der Waals surface area (Å²) in [7, 11) is 1.36. The Morgan fingerprint density at radius 2 is 1.91 bits per heavy atom. The van der Waals surface area contributed by atoms with E-state index >= 15 is 0 Å². The van der Waals surface area contributed by atoms with Crippen molar-refractivity contribution in [3.8, 4) is 28.6 Å². The van der Waals surface area contributed by atoms with E-state index in [1.54, 1.807) is 6.07 Å². The molecule has 0 aliphatic carbocycles. The van der Waals surface area contributed by atoms with Gasteiger partial charge in [0.25, 0.3) is 0 Å². The average molecular weight is 459 g/mol. The minimum Gasteiger partial charge on any atom is -0.493 e. The third-order valence-electron chi connectivity index (χ3n) is 4.58. The molecule has 0 fully saturated rings. The largest absolute Gasteiger partial charge is 0.493 e. The van der Waals surface area contributed by atoms with E-state index in [0.717, 1.165) is 17.1 Å². The molecule has 0 bridgehead atoms. The molecular formula is C21H19F2N5O3S. The Bertz CT molecular complexity index is 1230. The van der Waals surface area contributed by atoms with Gasteiger partial charge in [0.15, 0.2) is 16.7 Å². The molecule has 0 aliphatic heterocycles. The first kappa shape index (κ1) is 21.8. The van der Waals surface area contributed by atoms with Crippen molar-refractivity contribution in [1.82, 2.24) is 24.9 Å². The van der Waals surface area contributed by atoms with Crippen LogP contribution >= 0.6 is 11.8 Å². The van der Waals surface area contributed by atoms with Crippen molar-refractivity contribution < 1.29 is 22.8 Å². The van der Waals surface area contributed by atoms with Crippen LogP contribution in [0.5, 0.6) is 11.5 Å². The first-order valence-corrected chi connectivity index (χ1v) is 10.5. The lowest BCUT2D eigenvalue weighted by Gasteiger charge is -2.10. The Morgan fingerprint density at radius 3 is 2.66 bits per heavy atom. The molecule has 0 unspecified atom stereocenters. The van der Waals surface area contributed by atoms with Gasteiger partial charge in [0, 0.05) is 5.56 Å². The van der Waals surface area contributed by atoms with Crippen LogP contribution in [-0.4, -0.2) is 38.6 Å². The zero-order chi connectivity index (χ0) is 22.7. The fraction of sp³-hybridized carbons (Fsp3) is 0.238. The number of ether oxygens (including phenoxy) is 2. The molecule has 0 amide bonds. The highest BCUT2D eigenvalue weighted by Gasteiger charge is 2.17. The first-order chi connectivity index (χ1) is 15.5. The van der Waals surface area contributed by atoms with Crippen molar-refractivity contribution in [2.24, 2.45) is 0 Å². The van der Waals surface area contributed by atoms with E-state index in [-0.39, 0.29) is 11.5 Å². The topological polar surface area (TPSA) is 88.1 Å². The first-order valence-electron chi connectivity index (χ1n) is 9.53. The zero-order valence-corrected chi connectivity index (χ0v) is 18.3. The minimum absolute atomic E-state index is 0.0727. The van der Waals surface area contributed by atoms with Gasteiger partial charge in [-0.2, -0.15) is 13.8 Å². The van der Waals surface area contributed by atoms with Crippen LogP contribution in [0.4, 0.5) is 8.78 Å². The van der Waals surface area contributed by atoms with E-state index in [0.29, 0.717) is 28.2 Å². The number of benzene rings is 2. The molecule has 0 atom stereocenters. The summed E-state index contributed by atoms with van der Waals surface area (Å²) in [5.74, 6) is 1.90. The van der Waals surface area contributed by atoms with Gasteiger partial charge in [0.1, 0.15) is 5.82 Å². The Balaban J connectivity index is 1.51. The van der Waals surface area contributed by atoms with Crippen molar-refractivity contribution in [2.75, 3.05) is 7.11 Å². The number of rotatable bonds is 8. The van der Waals surface area contributed by atoms with Crippen LogP contribution in [0.3, 0.4) is 0 Å². The number of hydrogen-bond acceptors (Lipinski definition) is 8. The number of aromatic nitrogens is 5. The van der Waals surface area contributed by atoms with Crippen LogP contribution in [-0.2, 0) is 5.75 Å². The number of methoxy groups -OCH3 is 1. The van der Waals surface area contributed by atoms with E-state index in [2.05, 4.69) is 25.1 Å². The molecule has 2 aromatic carbocycles. The van der Waals surface area contributed by atoms with E-state index in [1.165, 1.54) is 31.0 Å². The quantitative estimate of drug-likeness (QED) is 0.346. The number of nitrogens with zero attached hydrogens (tertiary/aromatic N) is 5. The van der Waals surface area contributed by atoms with Crippen molar-refractivity contribution in [1.29, 1.82) is 0 Å². The molecule has 2 aromatic heterocycles. The van der Waals surface area contributed by atoms with Crippen molar-refractivity contribution in [2.45, 2.75) is 31.4 Å². The van der Waals surface area contributed by atoms with Gasteiger partial charge >= 0.3 is 6.61 Å². The number of halogens is 2. The summed E-state index contributed by atoms with van der Waals surface area (Å²) < 4.78 is 41.9. The number of para-hydroxylation sites is 1. The van der Waals surface area contributed by atoms with Crippen LogP contribution in [0.25, 0.3) is 17.1 Å². The van der Waals surface area contributed by atoms with Crippen molar-refractivity contribution in [3.05, 3.63) is 59.7 Å². The summed E-state index contributed by atoms with van der Waals surface area (Å²) in [4.78, 5) is 4.39. The fourth-order valence-corrected chi connectivity index (χ4v) is 3.91. The van der Waals surface area contributed by atoms with Gasteiger partial charge in [-0.15, -0.1) is 10.2 Å².